The summed E-state index contributed by atoms with van der Waals surface area (Å²) in [5, 5.41) is 9.01. The third-order valence-corrected chi connectivity index (χ3v) is 3.07. The average molecular weight is 244 g/mol. The molecule has 0 unspecified atom stereocenters. The molecular weight excluding hydrogens is 228 g/mol. The first-order valence-electron chi connectivity index (χ1n) is 5.97. The minimum Gasteiger partial charge on any atom is -0.482 e. The Balaban J connectivity index is 2.18. The average Bonchev–Trinajstić information content (AvgIpc) is 2.37. The van der Waals surface area contributed by atoms with Gasteiger partial charge in [0.25, 0.3) is 5.91 Å². The summed E-state index contributed by atoms with van der Waals surface area (Å²) in [6, 6.07) is 9.73. The number of fused-ring (bicyclic) bond motifs is 1. The van der Waals surface area contributed by atoms with E-state index in [0.717, 1.165) is 11.4 Å². The third-order valence-electron chi connectivity index (χ3n) is 3.07. The molecule has 1 aromatic carbocycles. The van der Waals surface area contributed by atoms with Crippen molar-refractivity contribution in [2.24, 2.45) is 5.41 Å². The zero-order chi connectivity index (χ0) is 13.2. The Morgan fingerprint density at radius 3 is 2.89 bits per heavy atom. The summed E-state index contributed by atoms with van der Waals surface area (Å²) < 4.78 is 5.37. The number of rotatable bonds is 3. The van der Waals surface area contributed by atoms with E-state index >= 15 is 0 Å². The van der Waals surface area contributed by atoms with Crippen LogP contribution in [0.4, 0.5) is 5.69 Å². The largest absolute Gasteiger partial charge is 0.482 e. The van der Waals surface area contributed by atoms with Gasteiger partial charge >= 0.3 is 0 Å². The number of carbonyl (C=O) groups is 1. The van der Waals surface area contributed by atoms with Crippen molar-refractivity contribution in [3.8, 4) is 11.8 Å². The van der Waals surface area contributed by atoms with Gasteiger partial charge in [0.2, 0.25) is 0 Å². The van der Waals surface area contributed by atoms with Crippen LogP contribution in [0.2, 0.25) is 0 Å². The van der Waals surface area contributed by atoms with Gasteiger partial charge in [-0.1, -0.05) is 12.1 Å². The number of amides is 1. The third kappa shape index (κ3) is 2.45. The molecule has 1 aliphatic rings. The van der Waals surface area contributed by atoms with Crippen molar-refractivity contribution >= 4 is 11.6 Å². The highest BCUT2D eigenvalue weighted by molar-refractivity contribution is 5.97. The van der Waals surface area contributed by atoms with E-state index in [1.807, 2.05) is 38.1 Å². The molecule has 0 radical (unpaired) electrons. The van der Waals surface area contributed by atoms with Crippen LogP contribution in [0.15, 0.2) is 24.3 Å². The SMILES string of the molecule is CC(C)(C#N)CCN1C(=O)COc2ccccc21. The summed E-state index contributed by atoms with van der Waals surface area (Å²) in [6.45, 7) is 4.37. The molecule has 1 heterocycles. The van der Waals surface area contributed by atoms with Crippen LogP contribution in [0.25, 0.3) is 0 Å². The molecule has 0 aromatic heterocycles. The highest BCUT2D eigenvalue weighted by atomic mass is 16.5. The van der Waals surface area contributed by atoms with Crippen molar-refractivity contribution in [1.82, 2.24) is 0 Å². The van der Waals surface area contributed by atoms with Crippen LogP contribution < -0.4 is 9.64 Å². The first-order valence-corrected chi connectivity index (χ1v) is 5.97. The van der Waals surface area contributed by atoms with Gasteiger partial charge in [0.1, 0.15) is 5.75 Å². The quantitative estimate of drug-likeness (QED) is 0.820. The standard InChI is InChI=1S/C14H16N2O2/c1-14(2,10-15)7-8-16-11-5-3-4-6-12(11)18-9-13(16)17/h3-6H,7-9H2,1-2H3. The smallest absolute Gasteiger partial charge is 0.265 e. The van der Waals surface area contributed by atoms with E-state index in [0.29, 0.717) is 13.0 Å². The summed E-state index contributed by atoms with van der Waals surface area (Å²) in [5.74, 6) is 0.675. The normalized spacial score (nSPS) is 14.7. The molecule has 1 amide bonds. The monoisotopic (exact) mass is 244 g/mol. The number of nitriles is 1. The zero-order valence-corrected chi connectivity index (χ0v) is 10.6. The number of ether oxygens (including phenoxy) is 1. The number of benzene rings is 1. The van der Waals surface area contributed by atoms with Crippen molar-refractivity contribution in [1.29, 1.82) is 5.26 Å². The minimum absolute atomic E-state index is 0.0533. The van der Waals surface area contributed by atoms with E-state index < -0.39 is 5.41 Å². The molecule has 4 nitrogen and oxygen atoms in total. The van der Waals surface area contributed by atoms with Crippen LogP contribution in [-0.2, 0) is 4.79 Å². The maximum absolute atomic E-state index is 11.9. The molecule has 0 fully saturated rings. The maximum Gasteiger partial charge on any atom is 0.265 e. The molecule has 18 heavy (non-hydrogen) atoms. The van der Waals surface area contributed by atoms with E-state index in [-0.39, 0.29) is 12.5 Å². The van der Waals surface area contributed by atoms with Gasteiger partial charge in [-0.2, -0.15) is 5.26 Å². The predicted octanol–water partition coefficient (Wildman–Crippen LogP) is 2.35. The van der Waals surface area contributed by atoms with Gasteiger partial charge in [0, 0.05) is 6.54 Å². The van der Waals surface area contributed by atoms with E-state index in [1.165, 1.54) is 0 Å². The van der Waals surface area contributed by atoms with Gasteiger partial charge in [-0.25, -0.2) is 0 Å². The second-order valence-electron chi connectivity index (χ2n) is 5.05. The lowest BCUT2D eigenvalue weighted by Crippen LogP contribution is -2.40. The van der Waals surface area contributed by atoms with Crippen LogP contribution >= 0.6 is 0 Å². The van der Waals surface area contributed by atoms with Gasteiger partial charge in [0.15, 0.2) is 6.61 Å². The molecule has 0 saturated carbocycles. The van der Waals surface area contributed by atoms with Crippen molar-refractivity contribution in [2.45, 2.75) is 20.3 Å². The molecule has 0 saturated heterocycles. The van der Waals surface area contributed by atoms with Gasteiger partial charge < -0.3 is 9.64 Å². The Morgan fingerprint density at radius 2 is 2.17 bits per heavy atom. The molecule has 94 valence electrons. The number of hydrogen-bond acceptors (Lipinski definition) is 3. The van der Waals surface area contributed by atoms with Crippen molar-refractivity contribution in [3.05, 3.63) is 24.3 Å². The van der Waals surface area contributed by atoms with E-state index in [1.54, 1.807) is 4.90 Å². The summed E-state index contributed by atoms with van der Waals surface area (Å²) >= 11 is 0. The van der Waals surface area contributed by atoms with Crippen molar-refractivity contribution in [3.63, 3.8) is 0 Å². The van der Waals surface area contributed by atoms with Crippen LogP contribution in [0.1, 0.15) is 20.3 Å². The molecule has 0 atom stereocenters. The van der Waals surface area contributed by atoms with E-state index in [9.17, 15) is 4.79 Å². The topological polar surface area (TPSA) is 53.3 Å². The molecule has 2 rings (SSSR count). The van der Waals surface area contributed by atoms with Crippen LogP contribution in [0.5, 0.6) is 5.75 Å². The van der Waals surface area contributed by atoms with Crippen LogP contribution in [-0.4, -0.2) is 19.1 Å². The van der Waals surface area contributed by atoms with Gasteiger partial charge in [0.05, 0.1) is 17.2 Å². The lowest BCUT2D eigenvalue weighted by atomic mass is 9.91. The summed E-state index contributed by atoms with van der Waals surface area (Å²) in [6.07, 6.45) is 0.642. The van der Waals surface area contributed by atoms with Crippen LogP contribution in [0, 0.1) is 16.7 Å². The van der Waals surface area contributed by atoms with Gasteiger partial charge in [-0.05, 0) is 32.4 Å². The fraction of sp³-hybridized carbons (Fsp3) is 0.429. The Morgan fingerprint density at radius 1 is 1.44 bits per heavy atom. The summed E-state index contributed by atoms with van der Waals surface area (Å²) in [5.41, 5.74) is 0.371. The number of anilines is 1. The Kier molecular flexibility index (Phi) is 3.24. The maximum atomic E-state index is 11.9. The van der Waals surface area contributed by atoms with E-state index in [2.05, 4.69) is 6.07 Å². The Bertz CT molecular complexity index is 503. The number of nitrogens with zero attached hydrogens (tertiary/aromatic N) is 2. The van der Waals surface area contributed by atoms with Crippen LogP contribution in [0.3, 0.4) is 0 Å². The van der Waals surface area contributed by atoms with Crippen molar-refractivity contribution < 1.29 is 9.53 Å². The minimum atomic E-state index is -0.423. The van der Waals surface area contributed by atoms with Gasteiger partial charge in [-0.3, -0.25) is 4.79 Å². The summed E-state index contributed by atoms with van der Waals surface area (Å²) in [4.78, 5) is 13.6. The molecule has 0 N–H and O–H groups in total. The molecule has 0 spiro atoms. The fourth-order valence-corrected chi connectivity index (χ4v) is 1.85. The highest BCUT2D eigenvalue weighted by Crippen LogP contribution is 2.32. The highest BCUT2D eigenvalue weighted by Gasteiger charge is 2.27. The Labute approximate surface area is 107 Å². The Hall–Kier alpha value is -2.02. The molecular formula is C14H16N2O2. The lowest BCUT2D eigenvalue weighted by Gasteiger charge is -2.30. The number of carbonyl (C=O) groups excluding carboxylic acids is 1. The molecule has 4 heteroatoms. The predicted molar refractivity (Wildman–Crippen MR) is 68.3 cm³/mol. The molecule has 0 bridgehead atoms. The van der Waals surface area contributed by atoms with E-state index in [4.69, 9.17) is 10.00 Å². The molecule has 0 aliphatic carbocycles. The lowest BCUT2D eigenvalue weighted by molar-refractivity contribution is -0.121. The summed E-state index contributed by atoms with van der Waals surface area (Å²) in [7, 11) is 0. The first-order chi connectivity index (χ1) is 8.53. The second kappa shape index (κ2) is 4.69. The molecule has 1 aliphatic heterocycles. The first kappa shape index (κ1) is 12.4. The zero-order valence-electron chi connectivity index (χ0n) is 10.6. The molecule has 1 aromatic rings. The second-order valence-corrected chi connectivity index (χ2v) is 5.05. The van der Waals surface area contributed by atoms with Gasteiger partial charge in [-0.15, -0.1) is 0 Å². The fourth-order valence-electron chi connectivity index (χ4n) is 1.85. The number of hydrogen-bond donors (Lipinski definition) is 0. The number of para-hydroxylation sites is 2. The van der Waals surface area contributed by atoms with Crippen molar-refractivity contribution in [2.75, 3.05) is 18.1 Å².